The van der Waals surface area contributed by atoms with Crippen molar-refractivity contribution in [3.8, 4) is 0 Å². The van der Waals surface area contributed by atoms with Gasteiger partial charge in [-0.2, -0.15) is 0 Å². The molecule has 11 heteroatoms. The van der Waals surface area contributed by atoms with E-state index < -0.39 is 29.0 Å². The van der Waals surface area contributed by atoms with E-state index in [0.717, 1.165) is 22.0 Å². The SMILES string of the molecule is CCn1c(N)c(C(=O)CN2CCCC[C@@H]2C(N)=O)c(=O)n(Cc2ccon2)c1=O. The third kappa shape index (κ3) is 3.99. The molecular formula is C18H24N6O5. The van der Waals surface area contributed by atoms with Crippen molar-refractivity contribution in [2.45, 2.75) is 45.3 Å². The number of carbonyl (C=O) groups is 2. The highest BCUT2D eigenvalue weighted by atomic mass is 16.5. The lowest BCUT2D eigenvalue weighted by molar-refractivity contribution is -0.124. The molecule has 0 radical (unpaired) electrons. The molecule has 2 aromatic heterocycles. The number of anilines is 1. The van der Waals surface area contributed by atoms with Crippen LogP contribution in [-0.2, 0) is 17.9 Å². The summed E-state index contributed by atoms with van der Waals surface area (Å²) in [5, 5.41) is 3.71. The molecule has 3 rings (SSSR count). The lowest BCUT2D eigenvalue weighted by Crippen LogP contribution is -2.51. The summed E-state index contributed by atoms with van der Waals surface area (Å²) in [6.07, 6.45) is 3.54. The van der Waals surface area contributed by atoms with E-state index in [-0.39, 0.29) is 31.0 Å². The first-order valence-corrected chi connectivity index (χ1v) is 9.44. The van der Waals surface area contributed by atoms with Gasteiger partial charge in [0.05, 0.1) is 19.1 Å². The van der Waals surface area contributed by atoms with E-state index in [2.05, 4.69) is 5.16 Å². The van der Waals surface area contributed by atoms with E-state index in [0.29, 0.717) is 18.7 Å². The summed E-state index contributed by atoms with van der Waals surface area (Å²) in [4.78, 5) is 52.1. The monoisotopic (exact) mass is 404 g/mol. The van der Waals surface area contributed by atoms with Gasteiger partial charge < -0.3 is 16.0 Å². The summed E-state index contributed by atoms with van der Waals surface area (Å²) in [5.74, 6) is -1.25. The first kappa shape index (κ1) is 20.5. The van der Waals surface area contributed by atoms with E-state index in [1.807, 2.05) is 0 Å². The zero-order chi connectivity index (χ0) is 21.1. The predicted octanol–water partition coefficient (Wildman–Crippen LogP) is -0.829. The molecule has 1 saturated heterocycles. The van der Waals surface area contributed by atoms with Crippen LogP contribution in [0, 0.1) is 0 Å². The van der Waals surface area contributed by atoms with Crippen LogP contribution in [0.2, 0.25) is 0 Å². The molecule has 156 valence electrons. The summed E-state index contributed by atoms with van der Waals surface area (Å²) in [6.45, 7) is 2.05. The van der Waals surface area contributed by atoms with E-state index in [1.165, 1.54) is 12.3 Å². The molecule has 0 aliphatic carbocycles. The van der Waals surface area contributed by atoms with Gasteiger partial charge in [0, 0.05) is 12.6 Å². The maximum atomic E-state index is 13.0. The third-order valence-electron chi connectivity index (χ3n) is 5.16. The lowest BCUT2D eigenvalue weighted by Gasteiger charge is -2.33. The van der Waals surface area contributed by atoms with Gasteiger partial charge in [-0.25, -0.2) is 4.79 Å². The number of nitrogen functional groups attached to an aromatic ring is 1. The summed E-state index contributed by atoms with van der Waals surface area (Å²) in [6, 6.07) is 0.953. The van der Waals surface area contributed by atoms with Crippen molar-refractivity contribution >= 4 is 17.5 Å². The minimum atomic E-state index is -0.794. The number of aromatic nitrogens is 3. The highest BCUT2D eigenvalue weighted by Crippen LogP contribution is 2.18. The van der Waals surface area contributed by atoms with Crippen molar-refractivity contribution in [3.63, 3.8) is 0 Å². The Morgan fingerprint density at radius 1 is 1.28 bits per heavy atom. The maximum absolute atomic E-state index is 13.0. The van der Waals surface area contributed by atoms with Gasteiger partial charge >= 0.3 is 5.69 Å². The number of amides is 1. The van der Waals surface area contributed by atoms with Gasteiger partial charge in [0.2, 0.25) is 5.91 Å². The quantitative estimate of drug-likeness (QED) is 0.566. The summed E-state index contributed by atoms with van der Waals surface area (Å²) < 4.78 is 6.82. The van der Waals surface area contributed by atoms with Crippen LogP contribution in [0.3, 0.4) is 0 Å². The van der Waals surface area contributed by atoms with Crippen molar-refractivity contribution < 1.29 is 14.1 Å². The van der Waals surface area contributed by atoms with Crippen LogP contribution in [0.15, 0.2) is 26.4 Å². The van der Waals surface area contributed by atoms with E-state index in [4.69, 9.17) is 16.0 Å². The third-order valence-corrected chi connectivity index (χ3v) is 5.16. The van der Waals surface area contributed by atoms with Crippen LogP contribution in [0.1, 0.15) is 42.2 Å². The van der Waals surface area contributed by atoms with Gasteiger partial charge in [0.15, 0.2) is 5.78 Å². The lowest BCUT2D eigenvalue weighted by atomic mass is 10.0. The Kier molecular flexibility index (Phi) is 5.97. The number of hydrogen-bond donors (Lipinski definition) is 2. The Morgan fingerprint density at radius 3 is 2.66 bits per heavy atom. The predicted molar refractivity (Wildman–Crippen MR) is 103 cm³/mol. The highest BCUT2D eigenvalue weighted by Gasteiger charge is 2.31. The molecular weight excluding hydrogens is 380 g/mol. The fraction of sp³-hybridized carbons (Fsp3) is 0.500. The van der Waals surface area contributed by atoms with Crippen molar-refractivity contribution in [3.05, 3.63) is 44.4 Å². The Labute approximate surface area is 165 Å². The van der Waals surface area contributed by atoms with Crippen molar-refractivity contribution in [1.82, 2.24) is 19.2 Å². The number of Topliss-reactive ketones (excluding diaryl/α,β-unsaturated/α-hetero) is 1. The number of nitrogens with zero attached hydrogens (tertiary/aromatic N) is 4. The van der Waals surface area contributed by atoms with Crippen LogP contribution < -0.4 is 22.7 Å². The second-order valence-corrected chi connectivity index (χ2v) is 6.98. The van der Waals surface area contributed by atoms with Crippen molar-refractivity contribution in [2.24, 2.45) is 5.73 Å². The topological polar surface area (TPSA) is 159 Å². The van der Waals surface area contributed by atoms with Crippen LogP contribution in [0.5, 0.6) is 0 Å². The number of ketones is 1. The minimum absolute atomic E-state index is 0.150. The Morgan fingerprint density at radius 2 is 2.03 bits per heavy atom. The number of hydrogen-bond acceptors (Lipinski definition) is 8. The molecule has 1 amide bonds. The number of likely N-dealkylation sites (tertiary alicyclic amines) is 1. The number of carbonyl (C=O) groups excluding carboxylic acids is 2. The molecule has 29 heavy (non-hydrogen) atoms. The van der Waals surface area contributed by atoms with Crippen LogP contribution in [-0.4, -0.2) is 50.0 Å². The average molecular weight is 404 g/mol. The zero-order valence-corrected chi connectivity index (χ0v) is 16.2. The van der Waals surface area contributed by atoms with Gasteiger partial charge in [-0.3, -0.25) is 28.4 Å². The molecule has 1 fully saturated rings. The van der Waals surface area contributed by atoms with E-state index >= 15 is 0 Å². The second-order valence-electron chi connectivity index (χ2n) is 6.98. The minimum Gasteiger partial charge on any atom is -0.384 e. The van der Waals surface area contributed by atoms with Gasteiger partial charge in [-0.05, 0) is 26.3 Å². The van der Waals surface area contributed by atoms with Gasteiger partial charge in [0.25, 0.3) is 5.56 Å². The fourth-order valence-electron chi connectivity index (χ4n) is 3.67. The molecule has 0 unspecified atom stereocenters. The van der Waals surface area contributed by atoms with Crippen LogP contribution >= 0.6 is 0 Å². The van der Waals surface area contributed by atoms with E-state index in [1.54, 1.807) is 11.8 Å². The molecule has 4 N–H and O–H groups in total. The number of piperidine rings is 1. The first-order chi connectivity index (χ1) is 13.8. The largest absolute Gasteiger partial charge is 0.384 e. The number of primary amides is 1. The van der Waals surface area contributed by atoms with Crippen LogP contribution in [0.25, 0.3) is 0 Å². The standard InChI is InChI=1S/C18H24N6O5/c1-2-23-15(19)14(13(25)10-22-7-4-3-5-12(22)16(20)26)17(27)24(18(23)28)9-11-6-8-29-21-11/h6,8,12H,2-5,7,9-10,19H2,1H3,(H2,20,26)/t12-/m1/s1. The molecule has 11 nitrogen and oxygen atoms in total. The van der Waals surface area contributed by atoms with Gasteiger partial charge in [0.1, 0.15) is 23.3 Å². The normalized spacial score (nSPS) is 17.3. The molecule has 1 aliphatic rings. The Hall–Kier alpha value is -3.21. The van der Waals surface area contributed by atoms with Crippen molar-refractivity contribution in [1.29, 1.82) is 0 Å². The fourth-order valence-corrected chi connectivity index (χ4v) is 3.67. The van der Waals surface area contributed by atoms with Crippen LogP contribution in [0.4, 0.5) is 5.82 Å². The molecule has 0 bridgehead atoms. The highest BCUT2D eigenvalue weighted by molar-refractivity contribution is 6.01. The smallest absolute Gasteiger partial charge is 0.332 e. The summed E-state index contributed by atoms with van der Waals surface area (Å²) in [7, 11) is 0. The molecule has 2 aromatic rings. The zero-order valence-electron chi connectivity index (χ0n) is 16.2. The molecule has 3 heterocycles. The van der Waals surface area contributed by atoms with E-state index in [9.17, 15) is 19.2 Å². The molecule has 0 saturated carbocycles. The first-order valence-electron chi connectivity index (χ1n) is 9.44. The van der Waals surface area contributed by atoms with Gasteiger partial charge in [-0.1, -0.05) is 11.6 Å². The molecule has 1 atom stereocenters. The Bertz CT molecular complexity index is 1020. The number of nitrogens with two attached hydrogens (primary N) is 2. The Balaban J connectivity index is 2.01. The number of rotatable bonds is 7. The molecule has 1 aliphatic heterocycles. The summed E-state index contributed by atoms with van der Waals surface area (Å²) in [5.41, 5.74) is 10.1. The molecule has 0 spiro atoms. The van der Waals surface area contributed by atoms with Gasteiger partial charge in [-0.15, -0.1) is 0 Å². The second kappa shape index (κ2) is 8.43. The average Bonchev–Trinajstić information content (AvgIpc) is 3.19. The summed E-state index contributed by atoms with van der Waals surface area (Å²) >= 11 is 0. The molecule has 0 aromatic carbocycles. The maximum Gasteiger partial charge on any atom is 0.332 e. The van der Waals surface area contributed by atoms with Crippen molar-refractivity contribution in [2.75, 3.05) is 18.8 Å².